The average Bonchev–Trinajstić information content (AvgIpc) is 2.39. The molecule has 2 aromatic rings. The Morgan fingerprint density at radius 1 is 1.00 bits per heavy atom. The number of nitrogens with zero attached hydrogens (tertiary/aromatic N) is 2. The summed E-state index contributed by atoms with van der Waals surface area (Å²) < 4.78 is 0. The van der Waals surface area contributed by atoms with E-state index in [0.717, 1.165) is 22.9 Å². The molecule has 2 nitrogen and oxygen atoms in total. The van der Waals surface area contributed by atoms with Crippen LogP contribution in [-0.2, 0) is 6.54 Å². The zero-order valence-electron chi connectivity index (χ0n) is 9.18. The van der Waals surface area contributed by atoms with Crippen LogP contribution >= 0.6 is 11.6 Å². The number of benzene rings is 2. The van der Waals surface area contributed by atoms with Crippen LogP contribution in [0, 0.1) is 0 Å². The number of para-hydroxylation sites is 1. The second-order valence-corrected chi connectivity index (χ2v) is 4.41. The maximum absolute atomic E-state index is 5.88. The standard InChI is InChI=1S/C14H11ClN2/c15-12-5-7-13(8-6-12)17-9-11-3-1-2-4-14(11)16-10-17/h1-8,10H,9H2. The fourth-order valence-electron chi connectivity index (χ4n) is 1.92. The third-order valence-electron chi connectivity index (χ3n) is 2.83. The molecule has 0 spiro atoms. The smallest absolute Gasteiger partial charge is 0.0960 e. The first-order valence-electron chi connectivity index (χ1n) is 5.47. The summed E-state index contributed by atoms with van der Waals surface area (Å²) in [5, 5.41) is 0.753. The Hall–Kier alpha value is -1.80. The SMILES string of the molecule is Clc1ccc(N2C=Nc3ccccc3C2)cc1. The van der Waals surface area contributed by atoms with E-state index < -0.39 is 0 Å². The molecule has 0 saturated carbocycles. The highest BCUT2D eigenvalue weighted by atomic mass is 35.5. The van der Waals surface area contributed by atoms with Crippen LogP contribution < -0.4 is 4.90 Å². The molecular formula is C14H11ClN2. The van der Waals surface area contributed by atoms with Gasteiger partial charge in [-0.15, -0.1) is 0 Å². The first-order valence-corrected chi connectivity index (χ1v) is 5.85. The average molecular weight is 243 g/mol. The van der Waals surface area contributed by atoms with Crippen molar-refractivity contribution in [2.24, 2.45) is 4.99 Å². The summed E-state index contributed by atoms with van der Waals surface area (Å²) in [4.78, 5) is 6.55. The molecule has 17 heavy (non-hydrogen) atoms. The summed E-state index contributed by atoms with van der Waals surface area (Å²) in [6.45, 7) is 0.849. The van der Waals surface area contributed by atoms with Crippen molar-refractivity contribution >= 4 is 29.3 Å². The lowest BCUT2D eigenvalue weighted by Gasteiger charge is -2.24. The molecule has 0 atom stereocenters. The maximum atomic E-state index is 5.88. The quantitative estimate of drug-likeness (QED) is 0.738. The van der Waals surface area contributed by atoms with Crippen LogP contribution in [0.3, 0.4) is 0 Å². The Morgan fingerprint density at radius 3 is 2.59 bits per heavy atom. The van der Waals surface area contributed by atoms with Crippen LogP contribution in [0.25, 0.3) is 0 Å². The van der Waals surface area contributed by atoms with Gasteiger partial charge < -0.3 is 4.90 Å². The second-order valence-electron chi connectivity index (χ2n) is 3.98. The van der Waals surface area contributed by atoms with E-state index in [9.17, 15) is 0 Å². The molecular weight excluding hydrogens is 232 g/mol. The Bertz CT molecular complexity index is 561. The van der Waals surface area contributed by atoms with Crippen LogP contribution in [0.5, 0.6) is 0 Å². The number of halogens is 1. The summed E-state index contributed by atoms with van der Waals surface area (Å²) in [5.41, 5.74) is 3.40. The fraction of sp³-hybridized carbons (Fsp3) is 0.0714. The van der Waals surface area contributed by atoms with E-state index in [1.165, 1.54) is 5.56 Å². The number of anilines is 1. The molecule has 0 bridgehead atoms. The molecule has 0 radical (unpaired) electrons. The summed E-state index contributed by atoms with van der Waals surface area (Å²) >= 11 is 5.88. The Kier molecular flexibility index (Phi) is 2.57. The first kappa shape index (κ1) is 10.4. The van der Waals surface area contributed by atoms with Gasteiger partial charge in [-0.05, 0) is 35.9 Å². The molecule has 0 amide bonds. The van der Waals surface area contributed by atoms with Crippen LogP contribution in [0.1, 0.15) is 5.56 Å². The van der Waals surface area contributed by atoms with Crippen molar-refractivity contribution in [3.05, 3.63) is 59.1 Å². The molecule has 0 fully saturated rings. The number of rotatable bonds is 1. The molecule has 0 aliphatic carbocycles. The van der Waals surface area contributed by atoms with Crippen LogP contribution in [0.4, 0.5) is 11.4 Å². The van der Waals surface area contributed by atoms with Gasteiger partial charge in [-0.1, -0.05) is 29.8 Å². The molecule has 3 rings (SSSR count). The van der Waals surface area contributed by atoms with Crippen molar-refractivity contribution in [1.82, 2.24) is 0 Å². The minimum Gasteiger partial charge on any atom is -0.328 e. The molecule has 0 unspecified atom stereocenters. The largest absolute Gasteiger partial charge is 0.328 e. The van der Waals surface area contributed by atoms with Gasteiger partial charge in [0.25, 0.3) is 0 Å². The van der Waals surface area contributed by atoms with Crippen molar-refractivity contribution in [2.75, 3.05) is 4.90 Å². The first-order chi connectivity index (χ1) is 8.33. The van der Waals surface area contributed by atoms with Gasteiger partial charge in [0, 0.05) is 10.7 Å². The zero-order chi connectivity index (χ0) is 11.7. The Morgan fingerprint density at radius 2 is 1.76 bits per heavy atom. The van der Waals surface area contributed by atoms with E-state index in [1.54, 1.807) is 0 Å². The van der Waals surface area contributed by atoms with Crippen LogP contribution in [0.2, 0.25) is 5.02 Å². The Balaban J connectivity index is 1.92. The van der Waals surface area contributed by atoms with Crippen molar-refractivity contribution < 1.29 is 0 Å². The highest BCUT2D eigenvalue weighted by molar-refractivity contribution is 6.30. The summed E-state index contributed by atoms with van der Waals surface area (Å²) in [5.74, 6) is 0. The van der Waals surface area contributed by atoms with Crippen LogP contribution in [-0.4, -0.2) is 6.34 Å². The van der Waals surface area contributed by atoms with Gasteiger partial charge in [-0.2, -0.15) is 0 Å². The summed E-state index contributed by atoms with van der Waals surface area (Å²) in [6.07, 6.45) is 1.87. The lowest BCUT2D eigenvalue weighted by molar-refractivity contribution is 0.997. The van der Waals surface area contributed by atoms with E-state index in [0.29, 0.717) is 0 Å². The molecule has 0 saturated heterocycles. The van der Waals surface area contributed by atoms with Gasteiger partial charge in [0.05, 0.1) is 18.6 Å². The highest BCUT2D eigenvalue weighted by Crippen LogP contribution is 2.27. The predicted molar refractivity (Wildman–Crippen MR) is 72.2 cm³/mol. The molecule has 0 N–H and O–H groups in total. The predicted octanol–water partition coefficient (Wildman–Crippen LogP) is 4.02. The normalized spacial score (nSPS) is 13.6. The fourth-order valence-corrected chi connectivity index (χ4v) is 2.04. The van der Waals surface area contributed by atoms with E-state index in [-0.39, 0.29) is 0 Å². The molecule has 84 valence electrons. The molecule has 0 aromatic heterocycles. The third-order valence-corrected chi connectivity index (χ3v) is 3.08. The van der Waals surface area contributed by atoms with Gasteiger partial charge in [0.2, 0.25) is 0 Å². The van der Waals surface area contributed by atoms with Crippen LogP contribution in [0.15, 0.2) is 53.5 Å². The van der Waals surface area contributed by atoms with Crippen molar-refractivity contribution in [3.63, 3.8) is 0 Å². The number of fused-ring (bicyclic) bond motifs is 1. The zero-order valence-corrected chi connectivity index (χ0v) is 9.93. The van der Waals surface area contributed by atoms with Gasteiger partial charge >= 0.3 is 0 Å². The van der Waals surface area contributed by atoms with Gasteiger partial charge in [0.15, 0.2) is 0 Å². The molecule has 3 heteroatoms. The van der Waals surface area contributed by atoms with E-state index in [2.05, 4.69) is 16.0 Å². The number of hydrogen-bond donors (Lipinski definition) is 0. The monoisotopic (exact) mass is 242 g/mol. The Labute approximate surface area is 105 Å². The highest BCUT2D eigenvalue weighted by Gasteiger charge is 2.12. The van der Waals surface area contributed by atoms with Crippen molar-refractivity contribution in [2.45, 2.75) is 6.54 Å². The second kappa shape index (κ2) is 4.22. The van der Waals surface area contributed by atoms with E-state index >= 15 is 0 Å². The minimum atomic E-state index is 0.753. The molecule has 1 aliphatic heterocycles. The lowest BCUT2D eigenvalue weighted by atomic mass is 10.1. The number of aliphatic imine (C=N–C) groups is 1. The van der Waals surface area contributed by atoms with Crippen molar-refractivity contribution in [1.29, 1.82) is 0 Å². The maximum Gasteiger partial charge on any atom is 0.0960 e. The molecule has 1 heterocycles. The van der Waals surface area contributed by atoms with E-state index in [1.807, 2.05) is 48.8 Å². The minimum absolute atomic E-state index is 0.753. The molecule has 2 aromatic carbocycles. The van der Waals surface area contributed by atoms with Gasteiger partial charge in [0.1, 0.15) is 0 Å². The summed E-state index contributed by atoms with van der Waals surface area (Å²) in [6, 6.07) is 16.0. The van der Waals surface area contributed by atoms with Gasteiger partial charge in [-0.25, -0.2) is 4.99 Å². The van der Waals surface area contributed by atoms with Crippen molar-refractivity contribution in [3.8, 4) is 0 Å². The third kappa shape index (κ3) is 2.04. The topological polar surface area (TPSA) is 15.6 Å². The van der Waals surface area contributed by atoms with Gasteiger partial charge in [-0.3, -0.25) is 0 Å². The molecule has 1 aliphatic rings. The summed E-state index contributed by atoms with van der Waals surface area (Å²) in [7, 11) is 0. The number of hydrogen-bond acceptors (Lipinski definition) is 2. The van der Waals surface area contributed by atoms with E-state index in [4.69, 9.17) is 11.6 Å². The lowest BCUT2D eigenvalue weighted by Crippen LogP contribution is -2.22.